The minimum atomic E-state index is -0.727. The monoisotopic (exact) mass is 388 g/mol. The van der Waals surface area contributed by atoms with Crippen molar-refractivity contribution in [2.24, 2.45) is 0 Å². The molecule has 5 nitrogen and oxygen atoms in total. The molecule has 0 spiro atoms. The summed E-state index contributed by atoms with van der Waals surface area (Å²) in [6.45, 7) is 2.18. The first kappa shape index (κ1) is 20.1. The van der Waals surface area contributed by atoms with E-state index in [2.05, 4.69) is 5.32 Å². The van der Waals surface area contributed by atoms with E-state index in [0.29, 0.717) is 23.5 Å². The van der Waals surface area contributed by atoms with Crippen molar-refractivity contribution in [2.75, 3.05) is 12.4 Å². The third-order valence-corrected chi connectivity index (χ3v) is 4.45. The molecule has 1 atom stereocenters. The van der Waals surface area contributed by atoms with E-state index in [0.717, 1.165) is 5.56 Å². The highest BCUT2D eigenvalue weighted by Crippen LogP contribution is 2.21. The van der Waals surface area contributed by atoms with Crippen molar-refractivity contribution in [3.05, 3.63) is 96.1 Å². The SMILES string of the molecule is C[C@@H](Oc1ccccc1C(=O)Nc1ccccc1)C(=O)N(C)Cc1ccccc1. The van der Waals surface area contributed by atoms with Crippen LogP contribution in [0.15, 0.2) is 84.9 Å². The van der Waals surface area contributed by atoms with Crippen molar-refractivity contribution in [1.82, 2.24) is 4.90 Å². The highest BCUT2D eigenvalue weighted by molar-refractivity contribution is 6.06. The molecule has 3 aromatic rings. The van der Waals surface area contributed by atoms with Gasteiger partial charge < -0.3 is 15.0 Å². The summed E-state index contributed by atoms with van der Waals surface area (Å²) < 4.78 is 5.87. The quantitative estimate of drug-likeness (QED) is 0.654. The molecule has 0 fully saturated rings. The third-order valence-electron chi connectivity index (χ3n) is 4.45. The lowest BCUT2D eigenvalue weighted by molar-refractivity contribution is -0.137. The van der Waals surface area contributed by atoms with Gasteiger partial charge in [-0.2, -0.15) is 0 Å². The first-order chi connectivity index (χ1) is 14.0. The smallest absolute Gasteiger partial charge is 0.263 e. The molecule has 3 rings (SSSR count). The molecular formula is C24H24N2O3. The Labute approximate surface area is 170 Å². The van der Waals surface area contributed by atoms with Gasteiger partial charge in [-0.25, -0.2) is 0 Å². The number of ether oxygens (including phenoxy) is 1. The zero-order valence-corrected chi connectivity index (χ0v) is 16.5. The van der Waals surface area contributed by atoms with E-state index in [1.807, 2.05) is 60.7 Å². The molecule has 0 saturated heterocycles. The Hall–Kier alpha value is -3.60. The fourth-order valence-corrected chi connectivity index (χ4v) is 2.96. The maximum atomic E-state index is 12.7. The zero-order chi connectivity index (χ0) is 20.6. The molecule has 0 aromatic heterocycles. The zero-order valence-electron chi connectivity index (χ0n) is 16.5. The second kappa shape index (κ2) is 9.55. The number of para-hydroxylation sites is 2. The van der Waals surface area contributed by atoms with Crippen molar-refractivity contribution in [2.45, 2.75) is 19.6 Å². The average molecular weight is 388 g/mol. The fourth-order valence-electron chi connectivity index (χ4n) is 2.96. The fraction of sp³-hybridized carbons (Fsp3) is 0.167. The predicted molar refractivity (Wildman–Crippen MR) is 114 cm³/mol. The Morgan fingerprint density at radius 3 is 2.17 bits per heavy atom. The van der Waals surface area contributed by atoms with Crippen LogP contribution in [-0.4, -0.2) is 29.9 Å². The van der Waals surface area contributed by atoms with E-state index in [1.54, 1.807) is 43.1 Å². The maximum absolute atomic E-state index is 12.7. The first-order valence-electron chi connectivity index (χ1n) is 9.45. The Morgan fingerprint density at radius 1 is 0.897 bits per heavy atom. The van der Waals surface area contributed by atoms with Crippen LogP contribution in [0.5, 0.6) is 5.75 Å². The largest absolute Gasteiger partial charge is 0.480 e. The summed E-state index contributed by atoms with van der Waals surface area (Å²) in [5.74, 6) is -0.0777. The minimum Gasteiger partial charge on any atom is -0.480 e. The van der Waals surface area contributed by atoms with Crippen LogP contribution in [0.1, 0.15) is 22.8 Å². The molecule has 0 aliphatic carbocycles. The molecule has 0 saturated carbocycles. The number of rotatable bonds is 7. The highest BCUT2D eigenvalue weighted by Gasteiger charge is 2.22. The van der Waals surface area contributed by atoms with Gasteiger partial charge in [0.2, 0.25) is 0 Å². The van der Waals surface area contributed by atoms with Gasteiger partial charge >= 0.3 is 0 Å². The van der Waals surface area contributed by atoms with E-state index in [-0.39, 0.29) is 11.8 Å². The van der Waals surface area contributed by atoms with E-state index >= 15 is 0 Å². The summed E-state index contributed by atoms with van der Waals surface area (Å²) >= 11 is 0. The van der Waals surface area contributed by atoms with Crippen LogP contribution in [0.2, 0.25) is 0 Å². The van der Waals surface area contributed by atoms with Crippen LogP contribution in [-0.2, 0) is 11.3 Å². The van der Waals surface area contributed by atoms with Crippen LogP contribution in [0.3, 0.4) is 0 Å². The molecule has 0 unspecified atom stereocenters. The molecule has 5 heteroatoms. The third kappa shape index (κ3) is 5.45. The van der Waals surface area contributed by atoms with Crippen molar-refractivity contribution in [3.8, 4) is 5.75 Å². The van der Waals surface area contributed by atoms with Gasteiger partial charge in [-0.15, -0.1) is 0 Å². The second-order valence-corrected chi connectivity index (χ2v) is 6.76. The number of carbonyl (C=O) groups excluding carboxylic acids is 2. The summed E-state index contributed by atoms with van der Waals surface area (Å²) in [7, 11) is 1.74. The van der Waals surface area contributed by atoms with Crippen LogP contribution < -0.4 is 10.1 Å². The summed E-state index contributed by atoms with van der Waals surface area (Å²) in [6.07, 6.45) is -0.727. The van der Waals surface area contributed by atoms with E-state index in [9.17, 15) is 9.59 Å². The number of benzene rings is 3. The highest BCUT2D eigenvalue weighted by atomic mass is 16.5. The Balaban J connectivity index is 1.68. The summed E-state index contributed by atoms with van der Waals surface area (Å²) in [5.41, 5.74) is 2.11. The Kier molecular flexibility index (Phi) is 6.63. The number of hydrogen-bond acceptors (Lipinski definition) is 3. The molecule has 0 heterocycles. The lowest BCUT2D eigenvalue weighted by atomic mass is 10.1. The molecule has 148 valence electrons. The lowest BCUT2D eigenvalue weighted by Gasteiger charge is -2.23. The number of likely N-dealkylation sites (N-methyl/N-ethyl adjacent to an activating group) is 1. The average Bonchev–Trinajstić information content (AvgIpc) is 2.75. The molecule has 0 aliphatic rings. The van der Waals surface area contributed by atoms with E-state index < -0.39 is 6.10 Å². The number of hydrogen-bond donors (Lipinski definition) is 1. The molecule has 29 heavy (non-hydrogen) atoms. The van der Waals surface area contributed by atoms with Crippen LogP contribution in [0.4, 0.5) is 5.69 Å². The number of anilines is 1. The van der Waals surface area contributed by atoms with Gasteiger partial charge in [0.1, 0.15) is 5.75 Å². The van der Waals surface area contributed by atoms with Gasteiger partial charge in [0.25, 0.3) is 11.8 Å². The first-order valence-corrected chi connectivity index (χ1v) is 9.45. The normalized spacial score (nSPS) is 11.4. The van der Waals surface area contributed by atoms with Gasteiger partial charge in [-0.3, -0.25) is 9.59 Å². The van der Waals surface area contributed by atoms with Crippen LogP contribution in [0.25, 0.3) is 0 Å². The van der Waals surface area contributed by atoms with Crippen molar-refractivity contribution < 1.29 is 14.3 Å². The molecular weight excluding hydrogens is 364 g/mol. The summed E-state index contributed by atoms with van der Waals surface area (Å²) in [4.78, 5) is 27.0. The van der Waals surface area contributed by atoms with Crippen molar-refractivity contribution in [3.63, 3.8) is 0 Å². The predicted octanol–water partition coefficient (Wildman–Crippen LogP) is 4.36. The standard InChI is InChI=1S/C24H24N2O3/c1-18(24(28)26(2)17-19-11-5-3-6-12-19)29-22-16-10-9-15-21(22)23(27)25-20-13-7-4-8-14-20/h3-16,18H,17H2,1-2H3,(H,25,27)/t18-/m1/s1. The van der Waals surface area contributed by atoms with E-state index in [4.69, 9.17) is 4.74 Å². The van der Waals surface area contributed by atoms with Crippen LogP contribution >= 0.6 is 0 Å². The number of amides is 2. The lowest BCUT2D eigenvalue weighted by Crippen LogP contribution is -2.37. The second-order valence-electron chi connectivity index (χ2n) is 6.76. The number of nitrogens with zero attached hydrogens (tertiary/aromatic N) is 1. The van der Waals surface area contributed by atoms with Gasteiger partial charge in [-0.05, 0) is 36.8 Å². The topological polar surface area (TPSA) is 58.6 Å². The van der Waals surface area contributed by atoms with Gasteiger partial charge in [0.05, 0.1) is 5.56 Å². The van der Waals surface area contributed by atoms with Gasteiger partial charge in [0.15, 0.2) is 6.10 Å². The number of nitrogens with one attached hydrogen (secondary N) is 1. The summed E-state index contributed by atoms with van der Waals surface area (Å²) in [5, 5.41) is 2.84. The molecule has 3 aromatic carbocycles. The van der Waals surface area contributed by atoms with Gasteiger partial charge in [0, 0.05) is 19.3 Å². The molecule has 0 radical (unpaired) electrons. The van der Waals surface area contributed by atoms with Crippen molar-refractivity contribution >= 4 is 17.5 Å². The molecule has 1 N–H and O–H groups in total. The maximum Gasteiger partial charge on any atom is 0.263 e. The Bertz CT molecular complexity index is 958. The summed E-state index contributed by atoms with van der Waals surface area (Å²) in [6, 6.07) is 25.9. The van der Waals surface area contributed by atoms with E-state index in [1.165, 1.54) is 0 Å². The molecule has 2 amide bonds. The Morgan fingerprint density at radius 2 is 1.48 bits per heavy atom. The molecule has 0 bridgehead atoms. The number of carbonyl (C=O) groups is 2. The molecule has 0 aliphatic heterocycles. The van der Waals surface area contributed by atoms with Crippen LogP contribution in [0, 0.1) is 0 Å². The van der Waals surface area contributed by atoms with Crippen molar-refractivity contribution in [1.29, 1.82) is 0 Å². The van der Waals surface area contributed by atoms with Gasteiger partial charge in [-0.1, -0.05) is 60.7 Å². The minimum absolute atomic E-state index is 0.160.